The summed E-state index contributed by atoms with van der Waals surface area (Å²) in [6.45, 7) is 5.15. The Kier molecular flexibility index (Phi) is 5.32. The Morgan fingerprint density at radius 2 is 2.44 bits per heavy atom. The number of methoxy groups -OCH3 is 1. The minimum atomic E-state index is -0.306. The van der Waals surface area contributed by atoms with Crippen LogP contribution in [0.2, 0.25) is 0 Å². The monoisotopic (exact) mass is 226 g/mol. The van der Waals surface area contributed by atoms with Gasteiger partial charge in [-0.3, -0.25) is 0 Å². The van der Waals surface area contributed by atoms with Gasteiger partial charge in [-0.05, 0) is 32.7 Å². The molecule has 92 valence electrons. The Morgan fingerprint density at radius 3 is 2.94 bits per heavy atom. The van der Waals surface area contributed by atoms with Crippen molar-refractivity contribution in [2.75, 3.05) is 13.7 Å². The summed E-state index contributed by atoms with van der Waals surface area (Å²) in [6, 6.07) is 0.911. The third kappa shape index (κ3) is 3.85. The summed E-state index contributed by atoms with van der Waals surface area (Å²) < 4.78 is 4.59. The highest BCUT2D eigenvalue weighted by Gasteiger charge is 2.22. The molecule has 0 aromatic rings. The summed E-state index contributed by atoms with van der Waals surface area (Å²) in [6.07, 6.45) is 4.99. The molecule has 0 saturated carbocycles. The van der Waals surface area contributed by atoms with E-state index in [2.05, 4.69) is 22.3 Å². The average molecular weight is 226 g/mol. The number of carbonyl (C=O) groups excluding carboxylic acids is 1. The van der Waals surface area contributed by atoms with Crippen LogP contribution in [0.1, 0.15) is 33.1 Å². The molecule has 2 unspecified atom stereocenters. The van der Waals surface area contributed by atoms with Crippen molar-refractivity contribution in [1.29, 1.82) is 0 Å². The summed E-state index contributed by atoms with van der Waals surface area (Å²) >= 11 is 0. The lowest BCUT2D eigenvalue weighted by Crippen LogP contribution is -2.43. The fourth-order valence-electron chi connectivity index (χ4n) is 2.11. The number of carbonyl (C=O) groups is 1. The van der Waals surface area contributed by atoms with Gasteiger partial charge in [-0.15, -0.1) is 0 Å². The predicted molar refractivity (Wildman–Crippen MR) is 64.0 cm³/mol. The van der Waals surface area contributed by atoms with E-state index in [0.717, 1.165) is 18.7 Å². The first-order chi connectivity index (χ1) is 7.67. The second-order valence-electron chi connectivity index (χ2n) is 4.21. The number of allylic oxidation sites excluding steroid dienone is 1. The molecule has 4 heteroatoms. The van der Waals surface area contributed by atoms with Crippen LogP contribution in [0.4, 0.5) is 0 Å². The molecule has 0 aromatic heterocycles. The first-order valence-electron chi connectivity index (χ1n) is 5.93. The molecular formula is C12H22N2O2. The smallest absolute Gasteiger partial charge is 0.332 e. The number of esters is 1. The minimum Gasteiger partial charge on any atom is -0.466 e. The van der Waals surface area contributed by atoms with Crippen molar-refractivity contribution in [3.05, 3.63) is 11.8 Å². The third-order valence-corrected chi connectivity index (χ3v) is 2.97. The quantitative estimate of drug-likeness (QED) is 0.546. The summed E-state index contributed by atoms with van der Waals surface area (Å²) in [7, 11) is 1.39. The van der Waals surface area contributed by atoms with Crippen molar-refractivity contribution in [2.45, 2.75) is 45.2 Å². The Hall–Kier alpha value is -1.03. The van der Waals surface area contributed by atoms with Crippen molar-refractivity contribution >= 4 is 5.97 Å². The summed E-state index contributed by atoms with van der Waals surface area (Å²) in [4.78, 5) is 11.1. The molecule has 2 N–H and O–H groups in total. The van der Waals surface area contributed by atoms with E-state index in [-0.39, 0.29) is 5.97 Å². The van der Waals surface area contributed by atoms with Gasteiger partial charge in [-0.2, -0.15) is 0 Å². The first kappa shape index (κ1) is 13.0. The molecule has 4 nitrogen and oxygen atoms in total. The summed E-state index contributed by atoms with van der Waals surface area (Å²) in [5.41, 5.74) is 0.868. The van der Waals surface area contributed by atoms with Gasteiger partial charge in [0.15, 0.2) is 0 Å². The maximum atomic E-state index is 11.1. The highest BCUT2D eigenvalue weighted by atomic mass is 16.5. The van der Waals surface area contributed by atoms with E-state index >= 15 is 0 Å². The van der Waals surface area contributed by atoms with Gasteiger partial charge in [-0.1, -0.05) is 6.92 Å². The van der Waals surface area contributed by atoms with E-state index in [1.54, 1.807) is 0 Å². The molecule has 0 radical (unpaired) electrons. The first-order valence-corrected chi connectivity index (χ1v) is 5.93. The molecule has 0 spiro atoms. The highest BCUT2D eigenvalue weighted by Crippen LogP contribution is 2.12. The van der Waals surface area contributed by atoms with Crippen molar-refractivity contribution in [1.82, 2.24) is 10.6 Å². The molecule has 1 saturated heterocycles. The number of ether oxygens (including phenoxy) is 1. The van der Waals surface area contributed by atoms with E-state index in [1.807, 2.05) is 6.92 Å². The van der Waals surface area contributed by atoms with Gasteiger partial charge >= 0.3 is 5.97 Å². The summed E-state index contributed by atoms with van der Waals surface area (Å²) in [5, 5.41) is 6.85. The number of rotatable bonds is 5. The van der Waals surface area contributed by atoms with Crippen LogP contribution in [0.25, 0.3) is 0 Å². The van der Waals surface area contributed by atoms with Gasteiger partial charge in [-0.25, -0.2) is 4.79 Å². The number of nitrogens with one attached hydrogen (secondary N) is 2. The van der Waals surface area contributed by atoms with Crippen LogP contribution in [0.5, 0.6) is 0 Å². The van der Waals surface area contributed by atoms with E-state index < -0.39 is 0 Å². The molecule has 1 heterocycles. The standard InChI is InChI=1S/C12H22N2O2/c1-4-10(11-6-5-7-13-11)14-9(2)8-12(15)16-3/h8,10-11,13-14H,4-7H2,1-3H3/b9-8-. The van der Waals surface area contributed by atoms with Crippen LogP contribution >= 0.6 is 0 Å². The van der Waals surface area contributed by atoms with Crippen LogP contribution in [0.3, 0.4) is 0 Å². The number of hydrogen-bond donors (Lipinski definition) is 2. The lowest BCUT2D eigenvalue weighted by molar-refractivity contribution is -0.134. The van der Waals surface area contributed by atoms with E-state index in [4.69, 9.17) is 0 Å². The zero-order valence-corrected chi connectivity index (χ0v) is 10.4. The topological polar surface area (TPSA) is 50.4 Å². The molecule has 0 bridgehead atoms. The lowest BCUT2D eigenvalue weighted by Gasteiger charge is -2.25. The SMILES string of the molecule is CCC(N/C(C)=C\C(=O)OC)C1CCCN1. The van der Waals surface area contributed by atoms with Gasteiger partial charge in [0, 0.05) is 23.9 Å². The van der Waals surface area contributed by atoms with Crippen LogP contribution in [-0.2, 0) is 9.53 Å². The zero-order chi connectivity index (χ0) is 12.0. The van der Waals surface area contributed by atoms with Crippen molar-refractivity contribution in [3.8, 4) is 0 Å². The van der Waals surface area contributed by atoms with Crippen LogP contribution < -0.4 is 10.6 Å². The third-order valence-electron chi connectivity index (χ3n) is 2.97. The van der Waals surface area contributed by atoms with Gasteiger partial charge in [0.2, 0.25) is 0 Å². The summed E-state index contributed by atoms with van der Waals surface area (Å²) in [5.74, 6) is -0.306. The Balaban J connectivity index is 2.48. The molecule has 0 aromatic carbocycles. The fraction of sp³-hybridized carbons (Fsp3) is 0.750. The van der Waals surface area contributed by atoms with Crippen LogP contribution in [-0.4, -0.2) is 31.7 Å². The fourth-order valence-corrected chi connectivity index (χ4v) is 2.11. The average Bonchev–Trinajstić information content (AvgIpc) is 2.79. The maximum Gasteiger partial charge on any atom is 0.332 e. The Bertz CT molecular complexity index is 258. The molecule has 0 aliphatic carbocycles. The molecule has 1 aliphatic heterocycles. The Labute approximate surface area is 97.4 Å². The molecule has 16 heavy (non-hydrogen) atoms. The second-order valence-corrected chi connectivity index (χ2v) is 4.21. The van der Waals surface area contributed by atoms with E-state index in [0.29, 0.717) is 12.1 Å². The van der Waals surface area contributed by atoms with Crippen molar-refractivity contribution < 1.29 is 9.53 Å². The van der Waals surface area contributed by atoms with E-state index in [9.17, 15) is 4.79 Å². The van der Waals surface area contributed by atoms with E-state index in [1.165, 1.54) is 26.0 Å². The second kappa shape index (κ2) is 6.53. The largest absolute Gasteiger partial charge is 0.466 e. The van der Waals surface area contributed by atoms with Crippen molar-refractivity contribution in [3.63, 3.8) is 0 Å². The van der Waals surface area contributed by atoms with Crippen LogP contribution in [0.15, 0.2) is 11.8 Å². The molecular weight excluding hydrogens is 204 g/mol. The van der Waals surface area contributed by atoms with Crippen LogP contribution in [0, 0.1) is 0 Å². The minimum absolute atomic E-state index is 0.306. The Morgan fingerprint density at radius 1 is 1.69 bits per heavy atom. The van der Waals surface area contributed by atoms with Crippen molar-refractivity contribution in [2.24, 2.45) is 0 Å². The zero-order valence-electron chi connectivity index (χ0n) is 10.4. The van der Waals surface area contributed by atoms with Gasteiger partial charge < -0.3 is 15.4 Å². The molecule has 1 rings (SSSR count). The van der Waals surface area contributed by atoms with Gasteiger partial charge in [0.25, 0.3) is 0 Å². The lowest BCUT2D eigenvalue weighted by atomic mass is 10.0. The predicted octanol–water partition coefficient (Wildman–Crippen LogP) is 1.18. The molecule has 1 fully saturated rings. The maximum absolute atomic E-state index is 11.1. The number of hydrogen-bond acceptors (Lipinski definition) is 4. The van der Waals surface area contributed by atoms with Gasteiger partial charge in [0.05, 0.1) is 7.11 Å². The van der Waals surface area contributed by atoms with Gasteiger partial charge in [0.1, 0.15) is 0 Å². The molecule has 1 aliphatic rings. The molecule has 0 amide bonds. The molecule has 2 atom stereocenters. The highest BCUT2D eigenvalue weighted by molar-refractivity contribution is 5.82. The normalized spacial score (nSPS) is 22.9.